The van der Waals surface area contributed by atoms with Crippen molar-refractivity contribution in [2.24, 2.45) is 5.92 Å². The molecule has 1 aliphatic heterocycles. The molecular weight excluding hydrogens is 204 g/mol. The van der Waals surface area contributed by atoms with Crippen molar-refractivity contribution in [1.82, 2.24) is 10.6 Å². The summed E-state index contributed by atoms with van der Waals surface area (Å²) in [6.45, 7) is 6.81. The van der Waals surface area contributed by atoms with Gasteiger partial charge in [-0.2, -0.15) is 11.3 Å². The zero-order chi connectivity index (χ0) is 10.5. The van der Waals surface area contributed by atoms with E-state index in [4.69, 9.17) is 0 Å². The van der Waals surface area contributed by atoms with Crippen LogP contribution in [-0.2, 0) is 6.54 Å². The number of hydrogen-bond acceptors (Lipinski definition) is 3. The molecule has 0 bridgehead atoms. The van der Waals surface area contributed by atoms with Gasteiger partial charge in [0.05, 0.1) is 0 Å². The third-order valence-corrected chi connectivity index (χ3v) is 4.08. The Balaban J connectivity index is 1.68. The van der Waals surface area contributed by atoms with E-state index in [9.17, 15) is 0 Å². The van der Waals surface area contributed by atoms with E-state index in [2.05, 4.69) is 28.3 Å². The van der Waals surface area contributed by atoms with E-state index >= 15 is 0 Å². The molecule has 0 amide bonds. The number of rotatable bonds is 4. The van der Waals surface area contributed by atoms with Gasteiger partial charge in [-0.05, 0) is 67.2 Å². The molecule has 0 spiro atoms. The molecule has 15 heavy (non-hydrogen) atoms. The molecule has 1 aromatic rings. The SMILES string of the molecule is Cc1cscc1CNCC1CCNCC1. The summed E-state index contributed by atoms with van der Waals surface area (Å²) in [5.74, 6) is 0.880. The van der Waals surface area contributed by atoms with Crippen molar-refractivity contribution in [3.8, 4) is 0 Å². The largest absolute Gasteiger partial charge is 0.317 e. The Morgan fingerprint density at radius 2 is 2.20 bits per heavy atom. The molecule has 0 aliphatic carbocycles. The second kappa shape index (κ2) is 5.64. The molecule has 2 rings (SSSR count). The number of piperidine rings is 1. The third kappa shape index (κ3) is 3.30. The first kappa shape index (κ1) is 11.1. The highest BCUT2D eigenvalue weighted by atomic mass is 32.1. The van der Waals surface area contributed by atoms with Crippen LogP contribution in [0, 0.1) is 12.8 Å². The van der Waals surface area contributed by atoms with Crippen molar-refractivity contribution in [2.45, 2.75) is 26.3 Å². The van der Waals surface area contributed by atoms with Crippen LogP contribution in [0.15, 0.2) is 10.8 Å². The van der Waals surface area contributed by atoms with Crippen LogP contribution >= 0.6 is 11.3 Å². The van der Waals surface area contributed by atoms with Crippen LogP contribution < -0.4 is 10.6 Å². The third-order valence-electron chi connectivity index (χ3n) is 3.17. The van der Waals surface area contributed by atoms with Crippen LogP contribution in [0.25, 0.3) is 0 Å². The van der Waals surface area contributed by atoms with Crippen molar-refractivity contribution < 1.29 is 0 Å². The summed E-state index contributed by atoms with van der Waals surface area (Å²) < 4.78 is 0. The first-order valence-corrected chi connectivity index (χ1v) is 6.73. The standard InChI is InChI=1S/C12H20N2S/c1-10-8-15-9-12(10)7-14-6-11-2-4-13-5-3-11/h8-9,11,13-14H,2-7H2,1H3. The summed E-state index contributed by atoms with van der Waals surface area (Å²) in [4.78, 5) is 0. The van der Waals surface area contributed by atoms with E-state index < -0.39 is 0 Å². The Morgan fingerprint density at radius 3 is 2.87 bits per heavy atom. The Bertz CT molecular complexity index is 290. The Kier molecular flexibility index (Phi) is 4.18. The van der Waals surface area contributed by atoms with E-state index in [1.165, 1.54) is 43.6 Å². The second-order valence-electron chi connectivity index (χ2n) is 4.40. The summed E-state index contributed by atoms with van der Waals surface area (Å²) >= 11 is 1.80. The zero-order valence-electron chi connectivity index (χ0n) is 9.38. The maximum atomic E-state index is 3.58. The predicted molar refractivity (Wildman–Crippen MR) is 66.4 cm³/mol. The van der Waals surface area contributed by atoms with Gasteiger partial charge in [-0.15, -0.1) is 0 Å². The zero-order valence-corrected chi connectivity index (χ0v) is 10.2. The molecule has 2 N–H and O–H groups in total. The maximum Gasteiger partial charge on any atom is 0.0216 e. The lowest BCUT2D eigenvalue weighted by Gasteiger charge is -2.22. The molecule has 1 saturated heterocycles. The number of hydrogen-bond donors (Lipinski definition) is 2. The van der Waals surface area contributed by atoms with Gasteiger partial charge in [0.25, 0.3) is 0 Å². The molecule has 2 heterocycles. The van der Waals surface area contributed by atoms with Gasteiger partial charge >= 0.3 is 0 Å². The van der Waals surface area contributed by atoms with Crippen molar-refractivity contribution in [3.63, 3.8) is 0 Å². The van der Waals surface area contributed by atoms with Crippen molar-refractivity contribution in [1.29, 1.82) is 0 Å². The van der Waals surface area contributed by atoms with Crippen LogP contribution in [0.4, 0.5) is 0 Å². The van der Waals surface area contributed by atoms with Gasteiger partial charge in [-0.1, -0.05) is 0 Å². The van der Waals surface area contributed by atoms with Crippen molar-refractivity contribution in [3.05, 3.63) is 21.9 Å². The fraction of sp³-hybridized carbons (Fsp3) is 0.667. The first-order chi connectivity index (χ1) is 7.36. The molecule has 0 unspecified atom stereocenters. The molecule has 0 saturated carbocycles. The number of thiophene rings is 1. The van der Waals surface area contributed by atoms with Gasteiger partial charge in [0.1, 0.15) is 0 Å². The summed E-state index contributed by atoms with van der Waals surface area (Å²) in [6, 6.07) is 0. The van der Waals surface area contributed by atoms with E-state index in [0.29, 0.717) is 0 Å². The summed E-state index contributed by atoms with van der Waals surface area (Å²) in [5, 5.41) is 11.5. The van der Waals surface area contributed by atoms with Crippen LogP contribution in [0.2, 0.25) is 0 Å². The van der Waals surface area contributed by atoms with Gasteiger partial charge in [-0.3, -0.25) is 0 Å². The second-order valence-corrected chi connectivity index (χ2v) is 5.15. The van der Waals surface area contributed by atoms with Crippen LogP contribution in [-0.4, -0.2) is 19.6 Å². The molecule has 1 fully saturated rings. The van der Waals surface area contributed by atoms with Gasteiger partial charge < -0.3 is 10.6 Å². The highest BCUT2D eigenvalue weighted by molar-refractivity contribution is 7.08. The van der Waals surface area contributed by atoms with Gasteiger partial charge in [0.15, 0.2) is 0 Å². The van der Waals surface area contributed by atoms with Crippen LogP contribution in [0.3, 0.4) is 0 Å². The van der Waals surface area contributed by atoms with E-state index in [0.717, 1.165) is 12.5 Å². The normalized spacial score (nSPS) is 18.2. The molecule has 0 aromatic carbocycles. The Labute approximate surface area is 96.1 Å². The monoisotopic (exact) mass is 224 g/mol. The molecular formula is C12H20N2S. The average molecular weight is 224 g/mol. The van der Waals surface area contributed by atoms with Gasteiger partial charge in [0, 0.05) is 6.54 Å². The fourth-order valence-electron chi connectivity index (χ4n) is 2.06. The lowest BCUT2D eigenvalue weighted by atomic mass is 9.98. The highest BCUT2D eigenvalue weighted by Crippen LogP contribution is 2.14. The molecule has 2 nitrogen and oxygen atoms in total. The minimum absolute atomic E-state index is 0.880. The van der Waals surface area contributed by atoms with Crippen molar-refractivity contribution >= 4 is 11.3 Å². The number of aryl methyl sites for hydroxylation is 1. The molecule has 3 heteroatoms. The first-order valence-electron chi connectivity index (χ1n) is 5.79. The van der Waals surface area contributed by atoms with E-state index in [1.54, 1.807) is 11.3 Å². The Morgan fingerprint density at radius 1 is 1.40 bits per heavy atom. The van der Waals surface area contributed by atoms with Crippen LogP contribution in [0.1, 0.15) is 24.0 Å². The lowest BCUT2D eigenvalue weighted by molar-refractivity contribution is 0.356. The smallest absolute Gasteiger partial charge is 0.0216 e. The molecule has 0 atom stereocenters. The van der Waals surface area contributed by atoms with E-state index in [1.807, 2.05) is 0 Å². The van der Waals surface area contributed by atoms with Gasteiger partial charge in [-0.25, -0.2) is 0 Å². The fourth-order valence-corrected chi connectivity index (χ4v) is 2.92. The quantitative estimate of drug-likeness (QED) is 0.819. The summed E-state index contributed by atoms with van der Waals surface area (Å²) in [5.41, 5.74) is 2.90. The maximum absolute atomic E-state index is 3.58. The lowest BCUT2D eigenvalue weighted by Crippen LogP contribution is -2.33. The predicted octanol–water partition coefficient (Wildman–Crippen LogP) is 2.15. The summed E-state index contributed by atoms with van der Waals surface area (Å²) in [7, 11) is 0. The average Bonchev–Trinajstić information content (AvgIpc) is 2.66. The molecule has 1 aliphatic rings. The van der Waals surface area contributed by atoms with E-state index in [-0.39, 0.29) is 0 Å². The molecule has 1 aromatic heterocycles. The topological polar surface area (TPSA) is 24.1 Å². The highest BCUT2D eigenvalue weighted by Gasteiger charge is 2.12. The minimum atomic E-state index is 0.880. The summed E-state index contributed by atoms with van der Waals surface area (Å²) in [6.07, 6.45) is 2.66. The molecule has 84 valence electrons. The Hall–Kier alpha value is -0.380. The van der Waals surface area contributed by atoms with Crippen molar-refractivity contribution in [2.75, 3.05) is 19.6 Å². The number of nitrogens with one attached hydrogen (secondary N) is 2. The molecule has 0 radical (unpaired) electrons. The van der Waals surface area contributed by atoms with Gasteiger partial charge in [0.2, 0.25) is 0 Å². The minimum Gasteiger partial charge on any atom is -0.317 e. The van der Waals surface area contributed by atoms with Crippen LogP contribution in [0.5, 0.6) is 0 Å².